The Morgan fingerprint density at radius 2 is 1.82 bits per heavy atom. The number of hydrogen-bond donors (Lipinski definition) is 1. The summed E-state index contributed by atoms with van der Waals surface area (Å²) in [5.74, 6) is 1.07. The van der Waals surface area contributed by atoms with Crippen LogP contribution in [0.4, 0.5) is 5.69 Å². The van der Waals surface area contributed by atoms with Gasteiger partial charge in [0.25, 0.3) is 11.7 Å². The molecule has 0 atom stereocenters. The third kappa shape index (κ3) is 3.71. The van der Waals surface area contributed by atoms with Crippen molar-refractivity contribution in [3.05, 3.63) is 71.1 Å². The smallest absolute Gasteiger partial charge is 0.266 e. The average molecular weight is 395 g/mol. The summed E-state index contributed by atoms with van der Waals surface area (Å²) >= 11 is 6.01. The van der Waals surface area contributed by atoms with E-state index in [2.05, 4.69) is 9.88 Å². The van der Waals surface area contributed by atoms with Gasteiger partial charge in [-0.25, -0.2) is 9.13 Å². The van der Waals surface area contributed by atoms with Crippen LogP contribution in [-0.2, 0) is 24.3 Å². The number of nitrogens with one attached hydrogen (secondary N) is 1. The Labute approximate surface area is 168 Å². The molecule has 0 spiro atoms. The molecule has 1 aliphatic heterocycles. The maximum atomic E-state index is 12.6. The van der Waals surface area contributed by atoms with E-state index >= 15 is 0 Å². The lowest BCUT2D eigenvalue weighted by Gasteiger charge is -2.05. The summed E-state index contributed by atoms with van der Waals surface area (Å²) in [4.78, 5) is 23.9. The summed E-state index contributed by atoms with van der Waals surface area (Å²) in [5.41, 5.74) is 3.50. The standard InChI is InChI=1S/C22H20ClN3O2/c1-15(27)16-6-10-19(11-7-16)24-21(28)14-25-13-20(26-12-2-3-22(25)26)17-4-8-18(23)9-5-17/h4-11,13H,2-3,12,14H2,1H3/p+1. The first kappa shape index (κ1) is 18.4. The van der Waals surface area contributed by atoms with Gasteiger partial charge in [0, 0.05) is 21.8 Å². The summed E-state index contributed by atoms with van der Waals surface area (Å²) in [7, 11) is 0. The molecule has 0 unspecified atom stereocenters. The molecule has 2 heterocycles. The van der Waals surface area contributed by atoms with Crippen LogP contribution in [0, 0.1) is 0 Å². The fourth-order valence-corrected chi connectivity index (χ4v) is 3.77. The molecule has 3 aromatic rings. The topological polar surface area (TPSA) is 55.0 Å². The number of fused-ring (bicyclic) bond motifs is 1. The van der Waals surface area contributed by atoms with Crippen LogP contribution in [0.1, 0.15) is 29.5 Å². The molecule has 1 amide bonds. The molecular formula is C22H21ClN3O2+. The van der Waals surface area contributed by atoms with Crippen molar-refractivity contribution in [3.8, 4) is 11.3 Å². The minimum absolute atomic E-state index is 0.00698. The Hall–Kier alpha value is -2.92. The average Bonchev–Trinajstić information content (AvgIpc) is 3.27. The molecule has 5 nitrogen and oxygen atoms in total. The minimum Gasteiger partial charge on any atom is -0.323 e. The molecule has 1 N–H and O–H groups in total. The van der Waals surface area contributed by atoms with E-state index in [4.69, 9.17) is 11.6 Å². The van der Waals surface area contributed by atoms with Gasteiger partial charge in [-0.1, -0.05) is 11.6 Å². The second-order valence-corrected chi connectivity index (χ2v) is 7.44. The predicted octanol–water partition coefficient (Wildman–Crippen LogP) is 3.88. The molecule has 0 aliphatic carbocycles. The van der Waals surface area contributed by atoms with Crippen molar-refractivity contribution in [2.45, 2.75) is 32.9 Å². The van der Waals surface area contributed by atoms with Crippen LogP contribution in [0.5, 0.6) is 0 Å². The number of rotatable bonds is 5. The molecule has 4 rings (SSSR count). The number of nitrogens with zero attached hydrogens (tertiary/aromatic N) is 2. The van der Waals surface area contributed by atoms with Crippen LogP contribution in [0.25, 0.3) is 11.3 Å². The normalized spacial score (nSPS) is 12.6. The van der Waals surface area contributed by atoms with Crippen molar-refractivity contribution in [1.82, 2.24) is 4.57 Å². The number of halogens is 1. The molecular weight excluding hydrogens is 374 g/mol. The third-order valence-electron chi connectivity index (χ3n) is 5.02. The summed E-state index contributed by atoms with van der Waals surface area (Å²) in [5, 5.41) is 3.61. The Bertz CT molecular complexity index is 1040. The molecule has 28 heavy (non-hydrogen) atoms. The van der Waals surface area contributed by atoms with Crippen molar-refractivity contribution >= 4 is 29.0 Å². The maximum Gasteiger partial charge on any atom is 0.266 e. The van der Waals surface area contributed by atoms with E-state index in [0.29, 0.717) is 16.3 Å². The first-order valence-corrected chi connectivity index (χ1v) is 9.68. The Morgan fingerprint density at radius 1 is 1.11 bits per heavy atom. The van der Waals surface area contributed by atoms with Crippen molar-refractivity contribution in [3.63, 3.8) is 0 Å². The molecule has 142 valence electrons. The van der Waals surface area contributed by atoms with Gasteiger partial charge in [-0.2, -0.15) is 0 Å². The summed E-state index contributed by atoms with van der Waals surface area (Å²) in [6.45, 7) is 2.72. The quantitative estimate of drug-likeness (QED) is 0.527. The number of benzene rings is 2. The van der Waals surface area contributed by atoms with E-state index in [1.54, 1.807) is 24.3 Å². The number of hydrogen-bond acceptors (Lipinski definition) is 2. The van der Waals surface area contributed by atoms with Crippen LogP contribution in [0.2, 0.25) is 5.02 Å². The molecule has 0 radical (unpaired) electrons. The van der Waals surface area contributed by atoms with E-state index in [9.17, 15) is 9.59 Å². The molecule has 0 saturated heterocycles. The zero-order valence-electron chi connectivity index (χ0n) is 15.6. The second-order valence-electron chi connectivity index (χ2n) is 7.00. The zero-order valence-corrected chi connectivity index (χ0v) is 16.4. The highest BCUT2D eigenvalue weighted by Crippen LogP contribution is 2.26. The molecule has 1 aliphatic rings. The molecule has 0 fully saturated rings. The number of anilines is 1. The lowest BCUT2D eigenvalue weighted by Crippen LogP contribution is -2.42. The van der Waals surface area contributed by atoms with Crippen LogP contribution < -0.4 is 9.88 Å². The minimum atomic E-state index is -0.0940. The highest BCUT2D eigenvalue weighted by molar-refractivity contribution is 6.30. The number of carbonyl (C=O) groups is 2. The SMILES string of the molecule is CC(=O)c1ccc(NC(=O)C[n+]2cc(-c3ccc(Cl)cc3)n3c2CCC3)cc1. The first-order chi connectivity index (χ1) is 13.5. The second kappa shape index (κ2) is 7.60. The number of Topliss-reactive ketones (excluding diaryl/α,β-unsaturated/α-hetero) is 1. The fraction of sp³-hybridized carbons (Fsp3) is 0.227. The predicted molar refractivity (Wildman–Crippen MR) is 108 cm³/mol. The Morgan fingerprint density at radius 3 is 2.50 bits per heavy atom. The van der Waals surface area contributed by atoms with E-state index in [1.165, 1.54) is 6.92 Å². The van der Waals surface area contributed by atoms with Gasteiger partial charge < -0.3 is 5.32 Å². The zero-order chi connectivity index (χ0) is 19.7. The van der Waals surface area contributed by atoms with Crippen LogP contribution >= 0.6 is 11.6 Å². The Kier molecular flexibility index (Phi) is 5.01. The van der Waals surface area contributed by atoms with Crippen LogP contribution in [0.15, 0.2) is 54.7 Å². The van der Waals surface area contributed by atoms with E-state index in [-0.39, 0.29) is 18.2 Å². The fourth-order valence-electron chi connectivity index (χ4n) is 3.64. The molecule has 0 bridgehead atoms. The maximum absolute atomic E-state index is 12.6. The van der Waals surface area contributed by atoms with Crippen molar-refractivity contribution < 1.29 is 14.2 Å². The number of aromatic nitrogens is 2. The van der Waals surface area contributed by atoms with E-state index in [1.807, 2.05) is 35.0 Å². The molecule has 6 heteroatoms. The molecule has 0 saturated carbocycles. The van der Waals surface area contributed by atoms with E-state index < -0.39 is 0 Å². The number of imidazole rings is 1. The first-order valence-electron chi connectivity index (χ1n) is 9.30. The number of carbonyl (C=O) groups excluding carboxylic acids is 2. The summed E-state index contributed by atoms with van der Waals surface area (Å²) in [6.07, 6.45) is 4.06. The van der Waals surface area contributed by atoms with Gasteiger partial charge in [-0.15, -0.1) is 0 Å². The Balaban J connectivity index is 1.53. The van der Waals surface area contributed by atoms with Crippen LogP contribution in [0.3, 0.4) is 0 Å². The highest BCUT2D eigenvalue weighted by atomic mass is 35.5. The summed E-state index contributed by atoms with van der Waals surface area (Å²) in [6, 6.07) is 14.7. The van der Waals surface area contributed by atoms with E-state index in [0.717, 1.165) is 36.5 Å². The van der Waals surface area contributed by atoms with Gasteiger partial charge in [-0.3, -0.25) is 9.59 Å². The van der Waals surface area contributed by atoms with Gasteiger partial charge >= 0.3 is 0 Å². The van der Waals surface area contributed by atoms with Crippen molar-refractivity contribution in [2.75, 3.05) is 5.32 Å². The molecule has 2 aromatic carbocycles. The molecule has 1 aromatic heterocycles. The van der Waals surface area contributed by atoms with Crippen LogP contribution in [-0.4, -0.2) is 16.3 Å². The van der Waals surface area contributed by atoms with Gasteiger partial charge in [-0.05, 0) is 61.9 Å². The third-order valence-corrected chi connectivity index (χ3v) is 5.28. The van der Waals surface area contributed by atoms with Gasteiger partial charge in [0.05, 0.1) is 13.0 Å². The lowest BCUT2D eigenvalue weighted by molar-refractivity contribution is -0.690. The highest BCUT2D eigenvalue weighted by Gasteiger charge is 2.29. The lowest BCUT2D eigenvalue weighted by atomic mass is 10.1. The van der Waals surface area contributed by atoms with Gasteiger partial charge in [0.15, 0.2) is 18.0 Å². The van der Waals surface area contributed by atoms with Crippen molar-refractivity contribution in [1.29, 1.82) is 0 Å². The van der Waals surface area contributed by atoms with Gasteiger partial charge in [0.2, 0.25) is 0 Å². The largest absolute Gasteiger partial charge is 0.323 e. The number of amides is 1. The van der Waals surface area contributed by atoms with Crippen molar-refractivity contribution in [2.24, 2.45) is 0 Å². The monoisotopic (exact) mass is 394 g/mol. The summed E-state index contributed by atoms with van der Waals surface area (Å²) < 4.78 is 4.30. The van der Waals surface area contributed by atoms with Gasteiger partial charge in [0.1, 0.15) is 6.20 Å². The number of ketones is 1.